The quantitative estimate of drug-likeness (QED) is 0.719. The smallest absolute Gasteiger partial charge is 0.279 e. The second kappa shape index (κ2) is 9.29. The van der Waals surface area contributed by atoms with Gasteiger partial charge in [0, 0.05) is 24.3 Å². The monoisotopic (exact) mass is 404 g/mol. The highest BCUT2D eigenvalue weighted by molar-refractivity contribution is 7.89. The van der Waals surface area contributed by atoms with Gasteiger partial charge >= 0.3 is 0 Å². The zero-order valence-electron chi connectivity index (χ0n) is 15.9. The number of rotatable bonds is 7. The molecule has 0 bridgehead atoms. The fraction of sp³-hybridized carbons (Fsp3) is 0.350. The summed E-state index contributed by atoms with van der Waals surface area (Å²) in [5.41, 5.74) is 1.74. The number of benzene rings is 2. The molecule has 3 rings (SSSR count). The Morgan fingerprint density at radius 3 is 2.39 bits per heavy atom. The van der Waals surface area contributed by atoms with E-state index in [1.165, 1.54) is 16.4 Å². The largest absolute Gasteiger partial charge is 0.379 e. The van der Waals surface area contributed by atoms with Crippen molar-refractivity contribution in [3.05, 3.63) is 60.2 Å². The molecule has 28 heavy (non-hydrogen) atoms. The van der Waals surface area contributed by atoms with Gasteiger partial charge in [0.15, 0.2) is 6.54 Å². The molecule has 0 saturated carbocycles. The number of nitrogens with zero attached hydrogens (tertiary/aromatic N) is 1. The van der Waals surface area contributed by atoms with Crippen LogP contribution in [0.2, 0.25) is 0 Å². The first kappa shape index (κ1) is 20.5. The fourth-order valence-electron chi connectivity index (χ4n) is 3.03. The van der Waals surface area contributed by atoms with E-state index in [4.69, 9.17) is 4.74 Å². The molecule has 1 aliphatic heterocycles. The van der Waals surface area contributed by atoms with E-state index < -0.39 is 10.0 Å². The Bertz CT molecular complexity index is 879. The van der Waals surface area contributed by atoms with Gasteiger partial charge in [0.1, 0.15) is 6.04 Å². The molecule has 3 N–H and O–H groups in total. The number of quaternary nitrogens is 1. The number of nitrogens with one attached hydrogen (secondary N) is 1. The molecule has 1 aliphatic rings. The molecular formula is C20H26N3O4S+. The van der Waals surface area contributed by atoms with Crippen LogP contribution in [0.15, 0.2) is 59.5 Å². The summed E-state index contributed by atoms with van der Waals surface area (Å²) >= 11 is 0. The van der Waals surface area contributed by atoms with Gasteiger partial charge in [-0.25, -0.2) is 8.42 Å². The normalized spacial score (nSPS) is 16.5. The molecule has 0 aromatic heterocycles. The van der Waals surface area contributed by atoms with Gasteiger partial charge in [-0.15, -0.1) is 0 Å². The van der Waals surface area contributed by atoms with Crippen LogP contribution < -0.4 is 10.6 Å². The minimum absolute atomic E-state index is 0.133. The standard InChI is InChI=1S/C20H25N3O4S/c1-16(17-5-3-2-4-6-17)21-15-20(24)22-18-7-9-19(10-8-18)28(25,26)23-11-13-27-14-12-23/h2-10,16,21H,11-15H2,1H3,(H,22,24)/p+1/t16-/m1/s1. The van der Waals surface area contributed by atoms with Crippen LogP contribution in [0.3, 0.4) is 0 Å². The van der Waals surface area contributed by atoms with Crippen LogP contribution in [-0.4, -0.2) is 51.5 Å². The summed E-state index contributed by atoms with van der Waals surface area (Å²) in [5, 5.41) is 4.77. The Morgan fingerprint density at radius 2 is 1.75 bits per heavy atom. The first-order chi connectivity index (χ1) is 13.5. The minimum atomic E-state index is -3.52. The highest BCUT2D eigenvalue weighted by Gasteiger charge is 2.26. The van der Waals surface area contributed by atoms with Crippen molar-refractivity contribution >= 4 is 21.6 Å². The first-order valence-electron chi connectivity index (χ1n) is 9.33. The van der Waals surface area contributed by atoms with Crippen LogP contribution in [0.5, 0.6) is 0 Å². The van der Waals surface area contributed by atoms with Crippen molar-refractivity contribution in [2.45, 2.75) is 17.9 Å². The summed E-state index contributed by atoms with van der Waals surface area (Å²) < 4.78 is 31.8. The van der Waals surface area contributed by atoms with Crippen LogP contribution in [0.1, 0.15) is 18.5 Å². The van der Waals surface area contributed by atoms with Gasteiger partial charge in [-0.05, 0) is 31.2 Å². The first-order valence-corrected chi connectivity index (χ1v) is 10.8. The predicted octanol–water partition coefficient (Wildman–Crippen LogP) is 0.971. The molecule has 1 atom stereocenters. The highest BCUT2D eigenvalue weighted by atomic mass is 32.2. The van der Waals surface area contributed by atoms with Crippen LogP contribution in [0.4, 0.5) is 5.69 Å². The number of anilines is 1. The minimum Gasteiger partial charge on any atom is -0.379 e. The molecular weight excluding hydrogens is 378 g/mol. The molecule has 2 aromatic rings. The zero-order valence-corrected chi connectivity index (χ0v) is 16.7. The lowest BCUT2D eigenvalue weighted by molar-refractivity contribution is -0.682. The van der Waals surface area contributed by atoms with E-state index in [1.54, 1.807) is 12.1 Å². The highest BCUT2D eigenvalue weighted by Crippen LogP contribution is 2.19. The number of hydrogen-bond donors (Lipinski definition) is 2. The lowest BCUT2D eigenvalue weighted by Crippen LogP contribution is -2.86. The summed E-state index contributed by atoms with van der Waals surface area (Å²) in [4.78, 5) is 12.4. The van der Waals surface area contributed by atoms with Crippen molar-refractivity contribution in [1.82, 2.24) is 4.31 Å². The Balaban J connectivity index is 1.54. The Morgan fingerprint density at radius 1 is 1.11 bits per heavy atom. The van der Waals surface area contributed by atoms with Gasteiger partial charge in [-0.1, -0.05) is 30.3 Å². The third-order valence-electron chi connectivity index (χ3n) is 4.73. The molecule has 0 unspecified atom stereocenters. The molecule has 1 saturated heterocycles. The number of carbonyl (C=O) groups is 1. The Hall–Kier alpha value is -2.26. The Labute approximate surface area is 165 Å². The number of sulfonamides is 1. The van der Waals surface area contributed by atoms with Crippen LogP contribution in [0.25, 0.3) is 0 Å². The third kappa shape index (κ3) is 5.17. The van der Waals surface area contributed by atoms with E-state index in [9.17, 15) is 13.2 Å². The van der Waals surface area contributed by atoms with Crippen molar-refractivity contribution in [1.29, 1.82) is 0 Å². The van der Waals surface area contributed by atoms with Gasteiger partial charge < -0.3 is 15.4 Å². The van der Waals surface area contributed by atoms with E-state index in [2.05, 4.69) is 5.32 Å². The zero-order chi connectivity index (χ0) is 20.0. The summed E-state index contributed by atoms with van der Waals surface area (Å²) in [6.45, 7) is 3.86. The van der Waals surface area contributed by atoms with Gasteiger partial charge in [-0.2, -0.15) is 4.31 Å². The molecule has 0 spiro atoms. The molecule has 8 heteroatoms. The third-order valence-corrected chi connectivity index (χ3v) is 6.64. The average Bonchev–Trinajstić information content (AvgIpc) is 2.73. The van der Waals surface area contributed by atoms with Crippen molar-refractivity contribution < 1.29 is 23.3 Å². The van der Waals surface area contributed by atoms with E-state index in [1.807, 2.05) is 42.6 Å². The van der Waals surface area contributed by atoms with Gasteiger partial charge in [0.2, 0.25) is 10.0 Å². The summed E-state index contributed by atoms with van der Waals surface area (Å²) in [7, 11) is -3.52. The molecule has 0 aliphatic carbocycles. The number of nitrogens with two attached hydrogens (primary N) is 1. The number of hydrogen-bond acceptors (Lipinski definition) is 4. The predicted molar refractivity (Wildman–Crippen MR) is 106 cm³/mol. The molecule has 2 aromatic carbocycles. The maximum Gasteiger partial charge on any atom is 0.279 e. The van der Waals surface area contributed by atoms with Crippen LogP contribution in [-0.2, 0) is 19.6 Å². The van der Waals surface area contributed by atoms with E-state index >= 15 is 0 Å². The molecule has 1 heterocycles. The van der Waals surface area contributed by atoms with E-state index in [-0.39, 0.29) is 23.4 Å². The van der Waals surface area contributed by atoms with Crippen molar-refractivity contribution in [2.75, 3.05) is 38.2 Å². The number of ether oxygens (including phenoxy) is 1. The Kier molecular flexibility index (Phi) is 6.79. The molecule has 0 radical (unpaired) electrons. The molecule has 1 amide bonds. The topological polar surface area (TPSA) is 92.3 Å². The van der Waals surface area contributed by atoms with Gasteiger partial charge in [0.25, 0.3) is 5.91 Å². The number of carbonyl (C=O) groups excluding carboxylic acids is 1. The summed E-state index contributed by atoms with van der Waals surface area (Å²) in [5.74, 6) is -0.133. The van der Waals surface area contributed by atoms with E-state index in [0.29, 0.717) is 32.0 Å². The maximum atomic E-state index is 12.6. The molecule has 150 valence electrons. The number of morpholine rings is 1. The van der Waals surface area contributed by atoms with E-state index in [0.717, 1.165) is 5.56 Å². The van der Waals surface area contributed by atoms with Crippen molar-refractivity contribution in [3.63, 3.8) is 0 Å². The number of amides is 1. The SMILES string of the molecule is C[C@@H]([NH2+]CC(=O)Nc1ccc(S(=O)(=O)N2CCOCC2)cc1)c1ccccc1. The van der Waals surface area contributed by atoms with Crippen molar-refractivity contribution in [2.24, 2.45) is 0 Å². The average molecular weight is 405 g/mol. The second-order valence-corrected chi connectivity index (χ2v) is 8.67. The maximum absolute atomic E-state index is 12.6. The second-order valence-electron chi connectivity index (χ2n) is 6.73. The van der Waals surface area contributed by atoms with Crippen molar-refractivity contribution in [3.8, 4) is 0 Å². The fourth-order valence-corrected chi connectivity index (χ4v) is 4.44. The summed E-state index contributed by atoms with van der Waals surface area (Å²) in [6.07, 6.45) is 0. The van der Waals surface area contributed by atoms with Crippen LogP contribution in [0, 0.1) is 0 Å². The molecule has 7 nitrogen and oxygen atoms in total. The molecule has 1 fully saturated rings. The lowest BCUT2D eigenvalue weighted by Gasteiger charge is -2.26. The summed E-state index contributed by atoms with van der Waals surface area (Å²) in [6, 6.07) is 16.4. The van der Waals surface area contributed by atoms with Gasteiger partial charge in [-0.3, -0.25) is 4.79 Å². The lowest BCUT2D eigenvalue weighted by atomic mass is 10.1. The van der Waals surface area contributed by atoms with Gasteiger partial charge in [0.05, 0.1) is 18.1 Å². The van der Waals surface area contributed by atoms with Crippen LogP contribution >= 0.6 is 0 Å².